The summed E-state index contributed by atoms with van der Waals surface area (Å²) < 4.78 is 10.7. The fourth-order valence-corrected chi connectivity index (χ4v) is 1.77. The van der Waals surface area contributed by atoms with E-state index in [0.717, 1.165) is 13.0 Å². The molecule has 3 N–H and O–H groups in total. The number of carbonyl (C=O) groups is 1. The van der Waals surface area contributed by atoms with Gasteiger partial charge in [-0.3, -0.25) is 5.32 Å². The molecule has 0 bridgehead atoms. The van der Waals surface area contributed by atoms with E-state index in [4.69, 9.17) is 9.47 Å². The number of benzene rings is 1. The van der Waals surface area contributed by atoms with E-state index >= 15 is 0 Å². The highest BCUT2D eigenvalue weighted by Gasteiger charge is 2.11. The largest absolute Gasteiger partial charge is 0.489 e. The topological polar surface area (TPSA) is 79.8 Å². The molecule has 1 atom stereocenters. The Bertz CT molecular complexity index is 472. The monoisotopic (exact) mass is 360 g/mol. The molecule has 138 valence electrons. The first-order valence-corrected chi connectivity index (χ1v) is 8.07. The predicted octanol–water partition coefficient (Wildman–Crippen LogP) is 3.05. The quantitative estimate of drug-likeness (QED) is 0.559. The molecule has 6 nitrogen and oxygen atoms in total. The highest BCUT2D eigenvalue weighted by Crippen LogP contribution is 2.24. The van der Waals surface area contributed by atoms with Gasteiger partial charge in [0.25, 0.3) is 0 Å². The Hall–Kier alpha value is -1.50. The summed E-state index contributed by atoms with van der Waals surface area (Å²) >= 11 is 0. The van der Waals surface area contributed by atoms with E-state index in [1.165, 1.54) is 0 Å². The standard InChI is InChI=1S/C17H28N2O4.ClH/c1-4-9-18-10-14(20)12-22-16-8-6-5-7-15(16)19-17(21)23-11-13(2)3;/h5-8,13-14,18,20H,4,9-12H2,1-3H3,(H,19,21);1H. The molecule has 0 radical (unpaired) electrons. The van der Waals surface area contributed by atoms with Gasteiger partial charge in [-0.25, -0.2) is 4.79 Å². The van der Waals surface area contributed by atoms with Crippen molar-refractivity contribution in [3.63, 3.8) is 0 Å². The molecular weight excluding hydrogens is 332 g/mol. The summed E-state index contributed by atoms with van der Waals surface area (Å²) in [6.07, 6.45) is -0.110. The van der Waals surface area contributed by atoms with Crippen LogP contribution in [0.3, 0.4) is 0 Å². The first-order valence-electron chi connectivity index (χ1n) is 8.07. The molecule has 0 heterocycles. The van der Waals surface area contributed by atoms with Crippen LogP contribution in [-0.4, -0.2) is 43.6 Å². The lowest BCUT2D eigenvalue weighted by atomic mass is 10.2. The molecule has 1 aromatic rings. The van der Waals surface area contributed by atoms with Gasteiger partial charge in [-0.1, -0.05) is 32.9 Å². The van der Waals surface area contributed by atoms with Gasteiger partial charge < -0.3 is 19.9 Å². The van der Waals surface area contributed by atoms with Gasteiger partial charge >= 0.3 is 6.09 Å². The lowest BCUT2D eigenvalue weighted by Crippen LogP contribution is -2.31. The van der Waals surface area contributed by atoms with Crippen LogP contribution < -0.4 is 15.4 Å². The van der Waals surface area contributed by atoms with Crippen LogP contribution in [0.15, 0.2) is 24.3 Å². The summed E-state index contributed by atoms with van der Waals surface area (Å²) in [6.45, 7) is 7.84. The minimum Gasteiger partial charge on any atom is -0.489 e. The zero-order chi connectivity index (χ0) is 17.1. The molecule has 7 heteroatoms. The van der Waals surface area contributed by atoms with E-state index in [9.17, 15) is 9.90 Å². The molecule has 0 aromatic heterocycles. The third kappa shape index (κ3) is 9.60. The maximum Gasteiger partial charge on any atom is 0.411 e. The number of aliphatic hydroxyl groups is 1. The van der Waals surface area contributed by atoms with Crippen LogP contribution in [-0.2, 0) is 4.74 Å². The van der Waals surface area contributed by atoms with E-state index in [-0.39, 0.29) is 24.9 Å². The molecule has 0 saturated carbocycles. The summed E-state index contributed by atoms with van der Waals surface area (Å²) in [7, 11) is 0. The Balaban J connectivity index is 0.00000529. The van der Waals surface area contributed by atoms with Gasteiger partial charge in [-0.05, 0) is 31.0 Å². The fraction of sp³-hybridized carbons (Fsp3) is 0.588. The Kier molecular flexibility index (Phi) is 12.1. The van der Waals surface area contributed by atoms with Crippen LogP contribution in [0, 0.1) is 5.92 Å². The number of rotatable bonds is 10. The molecule has 1 aromatic carbocycles. The average molecular weight is 361 g/mol. The first-order chi connectivity index (χ1) is 11.0. The molecule has 1 unspecified atom stereocenters. The van der Waals surface area contributed by atoms with Crippen molar-refractivity contribution in [1.82, 2.24) is 5.32 Å². The minimum absolute atomic E-state index is 0. The smallest absolute Gasteiger partial charge is 0.411 e. The van der Waals surface area contributed by atoms with E-state index < -0.39 is 12.2 Å². The highest BCUT2D eigenvalue weighted by molar-refractivity contribution is 5.86. The number of hydrogen-bond donors (Lipinski definition) is 3. The number of anilines is 1. The fourth-order valence-electron chi connectivity index (χ4n) is 1.77. The third-order valence-corrected chi connectivity index (χ3v) is 2.91. The van der Waals surface area contributed by atoms with E-state index in [1.54, 1.807) is 18.2 Å². The maximum atomic E-state index is 11.7. The number of hydrogen-bond acceptors (Lipinski definition) is 5. The average Bonchev–Trinajstić information content (AvgIpc) is 2.52. The molecule has 0 spiro atoms. The van der Waals surface area contributed by atoms with Gasteiger partial charge in [-0.2, -0.15) is 0 Å². The van der Waals surface area contributed by atoms with Gasteiger partial charge in [0.05, 0.1) is 12.3 Å². The van der Waals surface area contributed by atoms with Crippen molar-refractivity contribution in [2.75, 3.05) is 31.6 Å². The van der Waals surface area contributed by atoms with Gasteiger partial charge in [0.1, 0.15) is 18.5 Å². The van der Waals surface area contributed by atoms with Gasteiger partial charge in [-0.15, -0.1) is 12.4 Å². The van der Waals surface area contributed by atoms with Crippen molar-refractivity contribution in [1.29, 1.82) is 0 Å². The molecule has 0 aliphatic heterocycles. The van der Waals surface area contributed by atoms with Gasteiger partial charge in [0.15, 0.2) is 0 Å². The summed E-state index contributed by atoms with van der Waals surface area (Å²) in [5, 5.41) is 15.6. The molecule has 0 aliphatic carbocycles. The predicted molar refractivity (Wildman–Crippen MR) is 98.2 cm³/mol. The lowest BCUT2D eigenvalue weighted by molar-refractivity contribution is 0.107. The van der Waals surface area contributed by atoms with Crippen molar-refractivity contribution >= 4 is 24.2 Å². The number of carbonyl (C=O) groups excluding carboxylic acids is 1. The zero-order valence-corrected chi connectivity index (χ0v) is 15.4. The minimum atomic E-state index is -0.609. The molecule has 1 amide bonds. The second kappa shape index (κ2) is 12.9. The van der Waals surface area contributed by atoms with Crippen LogP contribution in [0.1, 0.15) is 27.2 Å². The summed E-state index contributed by atoms with van der Waals surface area (Å²) in [5.41, 5.74) is 0.523. The van der Waals surface area contributed by atoms with Crippen molar-refractivity contribution in [2.24, 2.45) is 5.92 Å². The number of para-hydroxylation sites is 2. The molecule has 1 rings (SSSR count). The highest BCUT2D eigenvalue weighted by atomic mass is 35.5. The number of ether oxygens (including phenoxy) is 2. The molecule has 24 heavy (non-hydrogen) atoms. The number of nitrogens with one attached hydrogen (secondary N) is 2. The third-order valence-electron chi connectivity index (χ3n) is 2.91. The maximum absolute atomic E-state index is 11.7. The second-order valence-electron chi connectivity index (χ2n) is 5.78. The van der Waals surface area contributed by atoms with Crippen molar-refractivity contribution < 1.29 is 19.4 Å². The normalized spacial score (nSPS) is 11.5. The first kappa shape index (κ1) is 22.5. The second-order valence-corrected chi connectivity index (χ2v) is 5.78. The van der Waals surface area contributed by atoms with E-state index in [2.05, 4.69) is 17.6 Å². The van der Waals surface area contributed by atoms with Crippen LogP contribution in [0.4, 0.5) is 10.5 Å². The SMILES string of the molecule is CCCNCC(O)COc1ccccc1NC(=O)OCC(C)C.Cl. The summed E-state index contributed by atoms with van der Waals surface area (Å²) in [5.74, 6) is 0.779. The van der Waals surface area contributed by atoms with E-state index in [1.807, 2.05) is 19.9 Å². The van der Waals surface area contributed by atoms with E-state index in [0.29, 0.717) is 24.6 Å². The summed E-state index contributed by atoms with van der Waals surface area (Å²) in [4.78, 5) is 11.7. The van der Waals surface area contributed by atoms with Crippen LogP contribution in [0.5, 0.6) is 5.75 Å². The van der Waals surface area contributed by atoms with Crippen molar-refractivity contribution in [3.05, 3.63) is 24.3 Å². The van der Waals surface area contributed by atoms with Crippen molar-refractivity contribution in [2.45, 2.75) is 33.3 Å². The summed E-state index contributed by atoms with van der Waals surface area (Å²) in [6, 6.07) is 7.07. The van der Waals surface area contributed by atoms with Crippen LogP contribution >= 0.6 is 12.4 Å². The van der Waals surface area contributed by atoms with Crippen LogP contribution in [0.2, 0.25) is 0 Å². The number of amides is 1. The Morgan fingerprint density at radius 3 is 2.62 bits per heavy atom. The zero-order valence-electron chi connectivity index (χ0n) is 14.6. The lowest BCUT2D eigenvalue weighted by Gasteiger charge is -2.16. The molecular formula is C17H29ClN2O4. The van der Waals surface area contributed by atoms with Gasteiger partial charge in [0.2, 0.25) is 0 Å². The van der Waals surface area contributed by atoms with Crippen molar-refractivity contribution in [3.8, 4) is 5.75 Å². The Morgan fingerprint density at radius 1 is 1.25 bits per heavy atom. The molecule has 0 fully saturated rings. The van der Waals surface area contributed by atoms with Crippen LogP contribution in [0.25, 0.3) is 0 Å². The number of halogens is 1. The van der Waals surface area contributed by atoms with Gasteiger partial charge in [0, 0.05) is 6.54 Å². The Morgan fingerprint density at radius 2 is 1.96 bits per heavy atom. The number of aliphatic hydroxyl groups excluding tert-OH is 1. The molecule has 0 aliphatic rings. The molecule has 0 saturated heterocycles. The Labute approximate surface area is 150 Å².